The fourth-order valence-corrected chi connectivity index (χ4v) is 5.02. The molecule has 0 saturated heterocycles. The highest BCUT2D eigenvalue weighted by molar-refractivity contribution is 5.94. The van der Waals surface area contributed by atoms with Crippen LogP contribution in [0.3, 0.4) is 0 Å². The summed E-state index contributed by atoms with van der Waals surface area (Å²) in [6.45, 7) is 4.41. The molecule has 5 rings (SSSR count). The maximum absolute atomic E-state index is 14.3. The first-order valence-electron chi connectivity index (χ1n) is 10.8. The van der Waals surface area contributed by atoms with Gasteiger partial charge in [0, 0.05) is 40.9 Å². The molecule has 1 aliphatic carbocycles. The zero-order valence-electron chi connectivity index (χ0n) is 18.5. The summed E-state index contributed by atoms with van der Waals surface area (Å²) in [6, 6.07) is 5.74. The average Bonchev–Trinajstić information content (AvgIpc) is 3.29. The topological polar surface area (TPSA) is 93.0 Å². The average molecular weight is 454 g/mol. The van der Waals surface area contributed by atoms with E-state index in [1.54, 1.807) is 13.3 Å². The molecule has 4 aromatic rings. The molecule has 2 N–H and O–H groups in total. The number of nitrogens with one attached hydrogen (secondary N) is 1. The third-order valence-electron chi connectivity index (χ3n) is 6.58. The highest BCUT2D eigenvalue weighted by atomic mass is 19.2. The maximum atomic E-state index is 14.3. The van der Waals surface area contributed by atoms with Gasteiger partial charge < -0.3 is 14.4 Å². The van der Waals surface area contributed by atoms with Crippen molar-refractivity contribution in [3.63, 3.8) is 0 Å². The minimum atomic E-state index is -0.946. The van der Waals surface area contributed by atoms with Crippen LogP contribution in [0.15, 0.2) is 30.5 Å². The maximum Gasteiger partial charge on any atom is 0.306 e. The van der Waals surface area contributed by atoms with E-state index in [2.05, 4.69) is 10.2 Å². The third kappa shape index (κ3) is 3.38. The van der Waals surface area contributed by atoms with E-state index >= 15 is 0 Å². The number of fused-ring (bicyclic) bond motifs is 2. The molecular weight excluding hydrogens is 430 g/mol. The zero-order chi connectivity index (χ0) is 23.5. The number of halogens is 2. The van der Waals surface area contributed by atoms with Crippen molar-refractivity contribution in [1.82, 2.24) is 19.7 Å². The lowest BCUT2D eigenvalue weighted by atomic mass is 9.69. The Labute approximate surface area is 188 Å². The molecule has 1 aliphatic rings. The van der Waals surface area contributed by atoms with Gasteiger partial charge in [-0.2, -0.15) is 5.10 Å². The Morgan fingerprint density at radius 1 is 1.27 bits per heavy atom. The minimum Gasteiger partial charge on any atom is -0.481 e. The van der Waals surface area contributed by atoms with Crippen LogP contribution in [-0.2, 0) is 14.9 Å². The van der Waals surface area contributed by atoms with Gasteiger partial charge in [0.05, 0.1) is 29.8 Å². The number of aromatic amines is 1. The first kappa shape index (κ1) is 21.5. The van der Waals surface area contributed by atoms with Gasteiger partial charge in [-0.05, 0) is 37.0 Å². The van der Waals surface area contributed by atoms with E-state index in [4.69, 9.17) is 9.72 Å². The number of carboxylic acids is 1. The lowest BCUT2D eigenvalue weighted by molar-refractivity contribution is -0.145. The van der Waals surface area contributed by atoms with Gasteiger partial charge >= 0.3 is 5.97 Å². The number of carboxylic acid groups (broad SMARTS) is 1. The summed E-state index contributed by atoms with van der Waals surface area (Å²) in [5.74, 6) is -3.12. The standard InChI is InChI=1S/C24H24F2N4O3/c1-24(2,11-33-3)21-19(12-6-13(7-12)23(31)32)20-18(8-14-10-27-29-22(14)28-20)30(21)15-4-5-16(25)17(26)9-15/h4-5,8-10,12-13H,6-7,11H2,1-3H3,(H,31,32)(H,27,28,29). The molecule has 0 atom stereocenters. The minimum absolute atomic E-state index is 0.0286. The van der Waals surface area contributed by atoms with Crippen LogP contribution in [-0.4, -0.2) is 44.5 Å². The summed E-state index contributed by atoms with van der Waals surface area (Å²) < 4.78 is 35.5. The summed E-state index contributed by atoms with van der Waals surface area (Å²) in [6.07, 6.45) is 2.64. The second-order valence-corrected chi connectivity index (χ2v) is 9.38. The van der Waals surface area contributed by atoms with Crippen molar-refractivity contribution >= 4 is 28.0 Å². The molecular formula is C24H24F2N4O3. The molecule has 0 unspecified atom stereocenters. The van der Waals surface area contributed by atoms with E-state index in [9.17, 15) is 18.7 Å². The highest BCUT2D eigenvalue weighted by Gasteiger charge is 2.42. The van der Waals surface area contributed by atoms with Crippen molar-refractivity contribution < 1.29 is 23.4 Å². The van der Waals surface area contributed by atoms with Crippen LogP contribution in [0, 0.1) is 17.6 Å². The smallest absolute Gasteiger partial charge is 0.306 e. The summed E-state index contributed by atoms with van der Waals surface area (Å²) in [4.78, 5) is 16.3. The molecule has 172 valence electrons. The number of ether oxygens (including phenoxy) is 1. The molecule has 9 heteroatoms. The van der Waals surface area contributed by atoms with E-state index in [1.165, 1.54) is 12.1 Å². The predicted molar refractivity (Wildman–Crippen MR) is 119 cm³/mol. The molecule has 7 nitrogen and oxygen atoms in total. The van der Waals surface area contributed by atoms with Gasteiger partial charge in [-0.25, -0.2) is 13.8 Å². The van der Waals surface area contributed by atoms with Gasteiger partial charge in [0.25, 0.3) is 0 Å². The van der Waals surface area contributed by atoms with Crippen LogP contribution in [0.4, 0.5) is 8.78 Å². The SMILES string of the molecule is COCC(C)(C)c1c(C2CC(C(=O)O)C2)c2nc3[nH]ncc3cc2n1-c1ccc(F)c(F)c1. The van der Waals surface area contributed by atoms with E-state index in [0.29, 0.717) is 36.3 Å². The largest absolute Gasteiger partial charge is 0.481 e. The van der Waals surface area contributed by atoms with Crippen molar-refractivity contribution in [3.05, 3.63) is 53.4 Å². The van der Waals surface area contributed by atoms with E-state index < -0.39 is 28.9 Å². The highest BCUT2D eigenvalue weighted by Crippen LogP contribution is 2.49. The third-order valence-corrected chi connectivity index (χ3v) is 6.58. The second-order valence-electron chi connectivity index (χ2n) is 9.38. The van der Waals surface area contributed by atoms with Crippen LogP contribution in [0.25, 0.3) is 27.8 Å². The summed E-state index contributed by atoms with van der Waals surface area (Å²) >= 11 is 0. The Morgan fingerprint density at radius 2 is 2.03 bits per heavy atom. The van der Waals surface area contributed by atoms with Gasteiger partial charge in [-0.15, -0.1) is 0 Å². The predicted octanol–water partition coefficient (Wildman–Crippen LogP) is 4.68. The molecule has 1 saturated carbocycles. The number of aromatic nitrogens is 4. The lowest BCUT2D eigenvalue weighted by Crippen LogP contribution is -2.33. The first-order chi connectivity index (χ1) is 15.7. The second kappa shape index (κ2) is 7.62. The van der Waals surface area contributed by atoms with Crippen LogP contribution in [0.2, 0.25) is 0 Å². The molecule has 1 fully saturated rings. The molecule has 33 heavy (non-hydrogen) atoms. The number of hydrogen-bond acceptors (Lipinski definition) is 4. The normalized spacial score (nSPS) is 18.7. The fourth-order valence-electron chi connectivity index (χ4n) is 5.02. The number of hydrogen-bond donors (Lipinski definition) is 2. The Morgan fingerprint density at radius 3 is 2.70 bits per heavy atom. The lowest BCUT2D eigenvalue weighted by Gasteiger charge is -2.36. The first-order valence-corrected chi connectivity index (χ1v) is 10.8. The summed E-state index contributed by atoms with van der Waals surface area (Å²) in [5, 5.41) is 17.2. The van der Waals surface area contributed by atoms with Crippen LogP contribution >= 0.6 is 0 Å². The Balaban J connectivity index is 1.86. The van der Waals surface area contributed by atoms with E-state index in [1.807, 2.05) is 24.5 Å². The number of benzene rings is 1. The number of rotatable bonds is 6. The van der Waals surface area contributed by atoms with Crippen molar-refractivity contribution in [1.29, 1.82) is 0 Å². The molecule has 0 spiro atoms. The van der Waals surface area contributed by atoms with Gasteiger partial charge in [-0.1, -0.05) is 13.8 Å². The summed E-state index contributed by atoms with van der Waals surface area (Å²) in [5.41, 5.74) is 3.74. The van der Waals surface area contributed by atoms with Gasteiger partial charge in [0.1, 0.15) is 0 Å². The van der Waals surface area contributed by atoms with Gasteiger partial charge in [0.15, 0.2) is 17.3 Å². The number of H-pyrrole nitrogens is 1. The molecule has 3 heterocycles. The monoisotopic (exact) mass is 454 g/mol. The van der Waals surface area contributed by atoms with Crippen molar-refractivity contribution in [2.45, 2.75) is 38.0 Å². The molecule has 1 aromatic carbocycles. The number of methoxy groups -OCH3 is 1. The zero-order valence-corrected chi connectivity index (χ0v) is 18.5. The number of carbonyl (C=O) groups is 1. The van der Waals surface area contributed by atoms with Crippen LogP contribution in [0.1, 0.15) is 43.9 Å². The Hall–Kier alpha value is -3.33. The van der Waals surface area contributed by atoms with Crippen molar-refractivity contribution in [3.8, 4) is 5.69 Å². The Bertz CT molecular complexity index is 1390. The van der Waals surface area contributed by atoms with E-state index in [-0.39, 0.29) is 5.92 Å². The molecule has 0 aliphatic heterocycles. The molecule has 0 bridgehead atoms. The van der Waals surface area contributed by atoms with Crippen molar-refractivity contribution in [2.24, 2.45) is 5.92 Å². The van der Waals surface area contributed by atoms with Crippen LogP contribution < -0.4 is 0 Å². The number of nitrogens with zero attached hydrogens (tertiary/aromatic N) is 3. The van der Waals surface area contributed by atoms with Gasteiger partial charge in [0.2, 0.25) is 0 Å². The van der Waals surface area contributed by atoms with Crippen molar-refractivity contribution in [2.75, 3.05) is 13.7 Å². The quantitative estimate of drug-likeness (QED) is 0.441. The molecule has 0 radical (unpaired) electrons. The molecule has 0 amide bonds. The Kier molecular flexibility index (Phi) is 4.97. The van der Waals surface area contributed by atoms with Gasteiger partial charge in [-0.3, -0.25) is 9.89 Å². The fraction of sp³-hybridized carbons (Fsp3) is 0.375. The van der Waals surface area contributed by atoms with Crippen LogP contribution in [0.5, 0.6) is 0 Å². The van der Waals surface area contributed by atoms with E-state index in [0.717, 1.165) is 28.2 Å². The number of aliphatic carboxylic acids is 1. The number of pyridine rings is 1. The summed E-state index contributed by atoms with van der Waals surface area (Å²) in [7, 11) is 1.61. The molecule has 3 aromatic heterocycles.